The molecule has 0 saturated heterocycles. The molecule has 0 aliphatic carbocycles. The Bertz CT molecular complexity index is 776. The lowest BCUT2D eigenvalue weighted by atomic mass is 9.95. The Morgan fingerprint density at radius 2 is 1.59 bits per heavy atom. The highest BCUT2D eigenvalue weighted by Crippen LogP contribution is 2.25. The van der Waals surface area contributed by atoms with Crippen molar-refractivity contribution in [1.29, 1.82) is 0 Å². The number of hydrogen-bond donors (Lipinski definition) is 2. The Morgan fingerprint density at radius 1 is 0.971 bits per heavy atom. The number of nitrogens with one attached hydrogen (secondary N) is 2. The van der Waals surface area contributed by atoms with Crippen LogP contribution >= 0.6 is 0 Å². The first-order chi connectivity index (χ1) is 15.9. The molecule has 4 atom stereocenters. The van der Waals surface area contributed by atoms with E-state index in [9.17, 15) is 14.4 Å². The molecular formula is C27H45N3O4. The first-order valence-corrected chi connectivity index (χ1v) is 12.6. The molecule has 0 aliphatic heterocycles. The van der Waals surface area contributed by atoms with Gasteiger partial charge in [0.05, 0.1) is 0 Å². The van der Waals surface area contributed by atoms with Gasteiger partial charge in [-0.1, -0.05) is 70.9 Å². The van der Waals surface area contributed by atoms with Crippen LogP contribution in [0.15, 0.2) is 30.3 Å². The number of rotatable bonds is 12. The van der Waals surface area contributed by atoms with Gasteiger partial charge in [0.2, 0.25) is 11.8 Å². The minimum absolute atomic E-state index is 0.00691. The van der Waals surface area contributed by atoms with Gasteiger partial charge >= 0.3 is 6.09 Å². The van der Waals surface area contributed by atoms with Gasteiger partial charge in [-0.05, 0) is 52.0 Å². The first kappa shape index (κ1) is 29.5. The van der Waals surface area contributed by atoms with Crippen molar-refractivity contribution in [3.63, 3.8) is 0 Å². The minimum Gasteiger partial charge on any atom is -0.444 e. The summed E-state index contributed by atoms with van der Waals surface area (Å²) in [6.07, 6.45) is 2.52. The molecule has 0 spiro atoms. The number of ether oxygens (including phenoxy) is 1. The van der Waals surface area contributed by atoms with Crippen LogP contribution in [0.1, 0.15) is 92.7 Å². The molecule has 2 N–H and O–H groups in total. The molecule has 0 fully saturated rings. The Hall–Kier alpha value is -2.57. The van der Waals surface area contributed by atoms with E-state index in [4.69, 9.17) is 4.74 Å². The summed E-state index contributed by atoms with van der Waals surface area (Å²) in [5.41, 5.74) is 0.0589. The van der Waals surface area contributed by atoms with E-state index in [-0.39, 0.29) is 23.8 Å². The Balaban J connectivity index is 3.38. The molecule has 4 unspecified atom stereocenters. The minimum atomic E-state index is -0.807. The van der Waals surface area contributed by atoms with Crippen LogP contribution in [0.25, 0.3) is 0 Å². The lowest BCUT2D eigenvalue weighted by Crippen LogP contribution is -2.55. The summed E-state index contributed by atoms with van der Waals surface area (Å²) in [6.45, 7) is 15.6. The van der Waals surface area contributed by atoms with Gasteiger partial charge in [-0.15, -0.1) is 0 Å². The maximum Gasteiger partial charge on any atom is 0.408 e. The van der Waals surface area contributed by atoms with E-state index in [1.54, 1.807) is 25.7 Å². The third-order valence-corrected chi connectivity index (χ3v) is 5.68. The number of nitrogens with zero attached hydrogens (tertiary/aromatic N) is 1. The van der Waals surface area contributed by atoms with Crippen molar-refractivity contribution in [2.75, 3.05) is 6.54 Å². The quantitative estimate of drug-likeness (QED) is 0.434. The Labute approximate surface area is 206 Å². The average molecular weight is 476 g/mol. The Morgan fingerprint density at radius 3 is 2.09 bits per heavy atom. The second kappa shape index (κ2) is 14.0. The van der Waals surface area contributed by atoms with Crippen LogP contribution in [0, 0.1) is 5.92 Å². The molecule has 3 amide bonds. The molecule has 1 aromatic carbocycles. The maximum atomic E-state index is 13.9. The van der Waals surface area contributed by atoms with Crippen LogP contribution < -0.4 is 10.6 Å². The van der Waals surface area contributed by atoms with Gasteiger partial charge in [0.1, 0.15) is 17.7 Å². The lowest BCUT2D eigenvalue weighted by molar-refractivity contribution is -0.143. The summed E-state index contributed by atoms with van der Waals surface area (Å²) in [5, 5.41) is 5.87. The molecule has 0 aliphatic rings. The third kappa shape index (κ3) is 9.35. The average Bonchev–Trinajstić information content (AvgIpc) is 2.75. The Kier molecular flexibility index (Phi) is 12.1. The van der Waals surface area contributed by atoms with Crippen LogP contribution in [0.2, 0.25) is 0 Å². The van der Waals surface area contributed by atoms with Gasteiger partial charge in [0.25, 0.3) is 0 Å². The second-order valence-corrected chi connectivity index (χ2v) is 10.1. The fraction of sp³-hybridized carbons (Fsp3) is 0.667. The smallest absolute Gasteiger partial charge is 0.408 e. The number of amides is 3. The van der Waals surface area contributed by atoms with E-state index < -0.39 is 23.8 Å². The summed E-state index contributed by atoms with van der Waals surface area (Å²) >= 11 is 0. The van der Waals surface area contributed by atoms with Gasteiger partial charge in [-0.25, -0.2) is 4.79 Å². The topological polar surface area (TPSA) is 87.7 Å². The molecule has 7 nitrogen and oxygen atoms in total. The zero-order valence-electron chi connectivity index (χ0n) is 22.3. The fourth-order valence-electron chi connectivity index (χ4n) is 3.84. The molecule has 192 valence electrons. The number of benzene rings is 1. The van der Waals surface area contributed by atoms with Crippen molar-refractivity contribution in [2.24, 2.45) is 5.92 Å². The number of carbonyl (C=O) groups excluding carboxylic acids is 3. The van der Waals surface area contributed by atoms with Crippen molar-refractivity contribution in [1.82, 2.24) is 15.5 Å². The predicted octanol–water partition coefficient (Wildman–Crippen LogP) is 5.21. The van der Waals surface area contributed by atoms with Crippen LogP contribution in [0.4, 0.5) is 4.79 Å². The van der Waals surface area contributed by atoms with E-state index in [0.29, 0.717) is 19.4 Å². The number of alkyl carbamates (subject to hydrolysis) is 1. The van der Waals surface area contributed by atoms with E-state index in [1.165, 1.54) is 0 Å². The summed E-state index contributed by atoms with van der Waals surface area (Å²) in [6, 6.07) is 7.74. The van der Waals surface area contributed by atoms with Gasteiger partial charge in [0.15, 0.2) is 0 Å². The SMILES string of the molecule is CCCC(C)NC(=O)C(c1ccccc1)N(CCC)C(=O)C(NC(=O)OC(C)(C)C)C(C)CC. The standard InChI is InChI=1S/C27H45N3O4/c1-9-15-20(5)28-24(31)23(21-16-13-12-14-17-21)30(18-10-2)25(32)22(19(4)11-3)29-26(33)34-27(6,7)8/h12-14,16-17,19-20,22-23H,9-11,15,18H2,1-8H3,(H,28,31)(H,29,33). The highest BCUT2D eigenvalue weighted by atomic mass is 16.6. The van der Waals surface area contributed by atoms with E-state index in [2.05, 4.69) is 17.6 Å². The third-order valence-electron chi connectivity index (χ3n) is 5.68. The van der Waals surface area contributed by atoms with Crippen molar-refractivity contribution in [3.8, 4) is 0 Å². The number of carbonyl (C=O) groups is 3. The molecule has 0 heterocycles. The van der Waals surface area contributed by atoms with Crippen LogP contribution in [-0.2, 0) is 14.3 Å². The summed E-state index contributed by atoms with van der Waals surface area (Å²) in [7, 11) is 0. The van der Waals surface area contributed by atoms with Crippen LogP contribution in [-0.4, -0.2) is 47.0 Å². The summed E-state index contributed by atoms with van der Waals surface area (Å²) in [5.74, 6) is -0.638. The molecule has 0 aromatic heterocycles. The van der Waals surface area contributed by atoms with Crippen molar-refractivity contribution < 1.29 is 19.1 Å². The molecular weight excluding hydrogens is 430 g/mol. The monoisotopic (exact) mass is 475 g/mol. The summed E-state index contributed by atoms with van der Waals surface area (Å²) in [4.78, 5) is 41.6. The van der Waals surface area contributed by atoms with E-state index >= 15 is 0 Å². The van der Waals surface area contributed by atoms with Crippen LogP contribution in [0.3, 0.4) is 0 Å². The highest BCUT2D eigenvalue weighted by Gasteiger charge is 2.37. The van der Waals surface area contributed by atoms with Gasteiger partial charge < -0.3 is 20.3 Å². The molecule has 34 heavy (non-hydrogen) atoms. The molecule has 7 heteroatoms. The zero-order valence-corrected chi connectivity index (χ0v) is 22.3. The normalized spacial score (nSPS) is 14.9. The van der Waals surface area contributed by atoms with Crippen LogP contribution in [0.5, 0.6) is 0 Å². The van der Waals surface area contributed by atoms with E-state index in [1.807, 2.05) is 58.0 Å². The van der Waals surface area contributed by atoms with Gasteiger partial charge in [-0.3, -0.25) is 9.59 Å². The second-order valence-electron chi connectivity index (χ2n) is 10.1. The lowest BCUT2D eigenvalue weighted by Gasteiger charge is -2.36. The molecule has 0 bridgehead atoms. The van der Waals surface area contributed by atoms with E-state index in [0.717, 1.165) is 18.4 Å². The largest absolute Gasteiger partial charge is 0.444 e. The van der Waals surface area contributed by atoms with Gasteiger partial charge in [0, 0.05) is 12.6 Å². The molecule has 0 radical (unpaired) electrons. The zero-order chi connectivity index (χ0) is 25.9. The summed E-state index contributed by atoms with van der Waals surface area (Å²) < 4.78 is 5.42. The molecule has 0 saturated carbocycles. The maximum absolute atomic E-state index is 13.9. The number of hydrogen-bond acceptors (Lipinski definition) is 4. The molecule has 1 aromatic rings. The van der Waals surface area contributed by atoms with Gasteiger partial charge in [-0.2, -0.15) is 0 Å². The van der Waals surface area contributed by atoms with Crippen molar-refractivity contribution in [2.45, 2.75) is 105 Å². The van der Waals surface area contributed by atoms with Crippen molar-refractivity contribution >= 4 is 17.9 Å². The first-order valence-electron chi connectivity index (χ1n) is 12.6. The molecule has 1 rings (SSSR count). The highest BCUT2D eigenvalue weighted by molar-refractivity contribution is 5.92. The van der Waals surface area contributed by atoms with Crippen molar-refractivity contribution in [3.05, 3.63) is 35.9 Å². The predicted molar refractivity (Wildman–Crippen MR) is 136 cm³/mol. The fourth-order valence-corrected chi connectivity index (χ4v) is 3.84.